The molecular formula is C22H21Cl2FN4O. The van der Waals surface area contributed by atoms with E-state index in [-0.39, 0.29) is 10.9 Å². The maximum Gasteiger partial charge on any atom is 0.286 e. The maximum atomic E-state index is 13.7. The Morgan fingerprint density at radius 1 is 1.07 bits per heavy atom. The summed E-state index contributed by atoms with van der Waals surface area (Å²) >= 11 is 12.0. The van der Waals surface area contributed by atoms with Gasteiger partial charge in [0.1, 0.15) is 5.82 Å². The highest BCUT2D eigenvalue weighted by atomic mass is 35.5. The van der Waals surface area contributed by atoms with E-state index in [2.05, 4.69) is 10.5 Å². The van der Waals surface area contributed by atoms with E-state index in [9.17, 15) is 9.18 Å². The van der Waals surface area contributed by atoms with Crippen LogP contribution in [0.3, 0.4) is 0 Å². The van der Waals surface area contributed by atoms with Crippen molar-refractivity contribution in [2.45, 2.75) is 26.2 Å². The predicted molar refractivity (Wildman–Crippen MR) is 117 cm³/mol. The largest absolute Gasteiger partial charge is 0.286 e. The van der Waals surface area contributed by atoms with Crippen molar-refractivity contribution >= 4 is 29.1 Å². The van der Waals surface area contributed by atoms with Gasteiger partial charge >= 0.3 is 0 Å². The molecule has 2 heterocycles. The van der Waals surface area contributed by atoms with Gasteiger partial charge in [-0.3, -0.25) is 10.2 Å². The Bertz CT molecular complexity index is 1080. The van der Waals surface area contributed by atoms with E-state index in [1.54, 1.807) is 22.9 Å². The van der Waals surface area contributed by atoms with Crippen molar-refractivity contribution in [1.29, 1.82) is 0 Å². The second-order valence-corrected chi connectivity index (χ2v) is 8.17. The molecule has 2 aromatic carbocycles. The van der Waals surface area contributed by atoms with Crippen molar-refractivity contribution in [1.82, 2.24) is 20.2 Å². The SMILES string of the molecule is Cc1c(C(=O)NN2CCCCC2)nn(-c2ccc(F)c(Cl)c2)c1-c1ccc(Cl)cc1. The maximum absolute atomic E-state index is 13.7. The first kappa shape index (κ1) is 20.8. The lowest BCUT2D eigenvalue weighted by Gasteiger charge is -2.26. The molecule has 4 rings (SSSR count). The van der Waals surface area contributed by atoms with Crippen LogP contribution in [-0.2, 0) is 0 Å². The predicted octanol–water partition coefficient (Wildman–Crippen LogP) is 5.42. The van der Waals surface area contributed by atoms with Crippen LogP contribution in [0.1, 0.15) is 35.3 Å². The minimum absolute atomic E-state index is 0.0120. The molecule has 30 heavy (non-hydrogen) atoms. The van der Waals surface area contributed by atoms with Crippen LogP contribution in [0, 0.1) is 12.7 Å². The highest BCUT2D eigenvalue weighted by Gasteiger charge is 2.24. The van der Waals surface area contributed by atoms with Gasteiger partial charge in [-0.1, -0.05) is 41.8 Å². The molecule has 5 nitrogen and oxygen atoms in total. The first-order valence-corrected chi connectivity index (χ1v) is 10.6. The summed E-state index contributed by atoms with van der Waals surface area (Å²) in [5, 5.41) is 7.11. The van der Waals surface area contributed by atoms with E-state index in [0.717, 1.165) is 37.2 Å². The molecule has 0 atom stereocenters. The molecule has 1 fully saturated rings. The number of halogens is 3. The molecule has 1 amide bonds. The third-order valence-electron chi connectivity index (χ3n) is 5.22. The monoisotopic (exact) mass is 446 g/mol. The van der Waals surface area contributed by atoms with Gasteiger partial charge in [0.15, 0.2) is 5.69 Å². The number of piperidine rings is 1. The molecular weight excluding hydrogens is 426 g/mol. The number of hydrazine groups is 1. The molecule has 3 aromatic rings. The summed E-state index contributed by atoms with van der Waals surface area (Å²) in [4.78, 5) is 13.0. The van der Waals surface area contributed by atoms with Crippen molar-refractivity contribution in [2.75, 3.05) is 13.1 Å². The number of amides is 1. The van der Waals surface area contributed by atoms with Crippen LogP contribution in [0.15, 0.2) is 42.5 Å². The topological polar surface area (TPSA) is 50.2 Å². The standard InChI is InChI=1S/C22H21Cl2FN4O/c1-14-20(22(30)27-28-11-3-2-4-12-28)26-29(17-9-10-19(25)18(24)13-17)21(14)15-5-7-16(23)8-6-15/h5-10,13H,2-4,11-12H2,1H3,(H,27,30). The number of rotatable bonds is 4. The molecule has 0 unspecified atom stereocenters. The minimum atomic E-state index is -0.514. The van der Waals surface area contributed by atoms with E-state index in [4.69, 9.17) is 23.2 Å². The first-order valence-electron chi connectivity index (χ1n) is 9.81. The lowest BCUT2D eigenvalue weighted by atomic mass is 10.1. The molecule has 0 aliphatic carbocycles. The summed E-state index contributed by atoms with van der Waals surface area (Å²) in [6.07, 6.45) is 3.28. The normalized spacial score (nSPS) is 14.7. The summed E-state index contributed by atoms with van der Waals surface area (Å²) in [7, 11) is 0. The molecule has 0 saturated carbocycles. The summed E-state index contributed by atoms with van der Waals surface area (Å²) in [6, 6.07) is 11.6. The first-order chi connectivity index (χ1) is 14.4. The second-order valence-electron chi connectivity index (χ2n) is 7.33. The molecule has 0 radical (unpaired) electrons. The van der Waals surface area contributed by atoms with Gasteiger partial charge in [-0.2, -0.15) is 5.10 Å². The number of hydrogen-bond acceptors (Lipinski definition) is 3. The fourth-order valence-electron chi connectivity index (χ4n) is 3.66. The van der Waals surface area contributed by atoms with Crippen molar-refractivity contribution < 1.29 is 9.18 Å². The van der Waals surface area contributed by atoms with Gasteiger partial charge in [-0.15, -0.1) is 0 Å². The van der Waals surface area contributed by atoms with Crippen molar-refractivity contribution in [3.63, 3.8) is 0 Å². The van der Waals surface area contributed by atoms with E-state index >= 15 is 0 Å². The molecule has 1 saturated heterocycles. The van der Waals surface area contributed by atoms with E-state index < -0.39 is 5.82 Å². The van der Waals surface area contributed by atoms with E-state index in [0.29, 0.717) is 22.0 Å². The molecule has 1 aliphatic rings. The van der Waals surface area contributed by atoms with E-state index in [1.807, 2.05) is 24.1 Å². The zero-order valence-electron chi connectivity index (χ0n) is 16.5. The van der Waals surface area contributed by atoms with E-state index in [1.165, 1.54) is 18.6 Å². The smallest absolute Gasteiger partial charge is 0.283 e. The number of carbonyl (C=O) groups is 1. The molecule has 156 valence electrons. The van der Waals surface area contributed by atoms with Crippen LogP contribution in [0.5, 0.6) is 0 Å². The van der Waals surface area contributed by atoms with Crippen LogP contribution in [0.2, 0.25) is 10.0 Å². The van der Waals surface area contributed by atoms with Crippen molar-refractivity contribution in [3.8, 4) is 16.9 Å². The third-order valence-corrected chi connectivity index (χ3v) is 5.76. The summed E-state index contributed by atoms with van der Waals surface area (Å²) in [5.41, 5.74) is 6.10. The molecule has 0 spiro atoms. The lowest BCUT2D eigenvalue weighted by molar-refractivity contribution is 0.0743. The summed E-state index contributed by atoms with van der Waals surface area (Å²) in [5.74, 6) is -0.781. The zero-order valence-corrected chi connectivity index (χ0v) is 18.0. The molecule has 1 aromatic heterocycles. The van der Waals surface area contributed by atoms with Gasteiger partial charge in [0.2, 0.25) is 0 Å². The molecule has 0 bridgehead atoms. The number of hydrogen-bond donors (Lipinski definition) is 1. The Balaban J connectivity index is 1.79. The van der Waals surface area contributed by atoms with Crippen LogP contribution < -0.4 is 5.43 Å². The van der Waals surface area contributed by atoms with Gasteiger partial charge in [0, 0.05) is 29.2 Å². The van der Waals surface area contributed by atoms with Crippen LogP contribution in [-0.4, -0.2) is 33.8 Å². The molecule has 1 N–H and O–H groups in total. The number of nitrogens with one attached hydrogen (secondary N) is 1. The fraction of sp³-hybridized carbons (Fsp3) is 0.273. The second kappa shape index (κ2) is 8.76. The van der Waals surface area contributed by atoms with Gasteiger partial charge in [0.25, 0.3) is 5.91 Å². The highest BCUT2D eigenvalue weighted by Crippen LogP contribution is 2.31. The average Bonchev–Trinajstić information content (AvgIpc) is 3.09. The van der Waals surface area contributed by atoms with Gasteiger partial charge < -0.3 is 0 Å². The Morgan fingerprint density at radius 3 is 2.43 bits per heavy atom. The summed E-state index contributed by atoms with van der Waals surface area (Å²) in [6.45, 7) is 3.50. The fourth-order valence-corrected chi connectivity index (χ4v) is 3.96. The zero-order chi connectivity index (χ0) is 21.3. The van der Waals surface area contributed by atoms with Gasteiger partial charge in [-0.05, 0) is 50.1 Å². The third kappa shape index (κ3) is 4.21. The highest BCUT2D eigenvalue weighted by molar-refractivity contribution is 6.31. The van der Waals surface area contributed by atoms with Crippen LogP contribution >= 0.6 is 23.2 Å². The van der Waals surface area contributed by atoms with Crippen LogP contribution in [0.25, 0.3) is 16.9 Å². The minimum Gasteiger partial charge on any atom is -0.283 e. The Hall–Kier alpha value is -2.41. The van der Waals surface area contributed by atoms with Crippen molar-refractivity contribution in [3.05, 3.63) is 69.6 Å². The Morgan fingerprint density at radius 2 is 1.77 bits per heavy atom. The molecule has 8 heteroatoms. The number of aromatic nitrogens is 2. The number of benzene rings is 2. The Labute approximate surface area is 184 Å². The number of carbonyl (C=O) groups excluding carboxylic acids is 1. The van der Waals surface area contributed by atoms with Gasteiger partial charge in [-0.25, -0.2) is 14.1 Å². The summed E-state index contributed by atoms with van der Waals surface area (Å²) < 4.78 is 15.3. The van der Waals surface area contributed by atoms with Gasteiger partial charge in [0.05, 0.1) is 16.4 Å². The number of nitrogens with zero attached hydrogens (tertiary/aromatic N) is 3. The molecule has 1 aliphatic heterocycles. The average molecular weight is 447 g/mol. The van der Waals surface area contributed by atoms with Crippen LogP contribution in [0.4, 0.5) is 4.39 Å². The Kier molecular flexibility index (Phi) is 6.09. The lowest BCUT2D eigenvalue weighted by Crippen LogP contribution is -2.45. The van der Waals surface area contributed by atoms with Crippen molar-refractivity contribution in [2.24, 2.45) is 0 Å². The quantitative estimate of drug-likeness (QED) is 0.581.